The van der Waals surface area contributed by atoms with Gasteiger partial charge in [-0.2, -0.15) is 0 Å². The highest BCUT2D eigenvalue weighted by Gasteiger charge is 2.32. The Bertz CT molecular complexity index is 1030. The lowest BCUT2D eigenvalue weighted by Crippen LogP contribution is -2.32. The molecule has 26 heavy (non-hydrogen) atoms. The van der Waals surface area contributed by atoms with E-state index in [-0.39, 0.29) is 17.0 Å². The molecule has 3 aromatic carbocycles. The molecule has 4 nitrogen and oxygen atoms in total. The molecular weight excluding hydrogens is 331 g/mol. The van der Waals surface area contributed by atoms with E-state index in [2.05, 4.69) is 10.2 Å². The molecule has 0 radical (unpaired) electrons. The lowest BCUT2D eigenvalue weighted by Gasteiger charge is -2.34. The molecular formula is C21H19FN2O2. The molecule has 0 fully saturated rings. The second kappa shape index (κ2) is 6.09. The Hall–Kier alpha value is -2.95. The van der Waals surface area contributed by atoms with Crippen molar-refractivity contribution in [1.82, 2.24) is 0 Å². The lowest BCUT2D eigenvalue weighted by molar-refractivity contribution is 0.0847. The Morgan fingerprint density at radius 1 is 1.00 bits per heavy atom. The van der Waals surface area contributed by atoms with Crippen LogP contribution in [0.5, 0.6) is 11.5 Å². The van der Waals surface area contributed by atoms with Crippen LogP contribution in [0.15, 0.2) is 58.8 Å². The van der Waals surface area contributed by atoms with Crippen molar-refractivity contribution in [3.8, 4) is 11.5 Å². The summed E-state index contributed by atoms with van der Waals surface area (Å²) in [6.45, 7) is 4.00. The highest BCUT2D eigenvalue weighted by atomic mass is 19.1. The summed E-state index contributed by atoms with van der Waals surface area (Å²) in [5.74, 6) is 0.308. The number of benzene rings is 3. The van der Waals surface area contributed by atoms with E-state index in [9.17, 15) is 9.50 Å². The molecule has 4 rings (SSSR count). The molecule has 0 saturated carbocycles. The van der Waals surface area contributed by atoms with Gasteiger partial charge in [-0.1, -0.05) is 36.4 Å². The third-order valence-electron chi connectivity index (χ3n) is 4.68. The first-order valence-electron chi connectivity index (χ1n) is 8.58. The van der Waals surface area contributed by atoms with Gasteiger partial charge in [0.1, 0.15) is 22.7 Å². The number of nitrogens with zero attached hydrogens (tertiary/aromatic N) is 2. The van der Waals surface area contributed by atoms with Gasteiger partial charge in [0.25, 0.3) is 0 Å². The van der Waals surface area contributed by atoms with Crippen LogP contribution in [-0.2, 0) is 6.42 Å². The van der Waals surface area contributed by atoms with Crippen molar-refractivity contribution >= 4 is 22.1 Å². The van der Waals surface area contributed by atoms with Crippen LogP contribution in [-0.4, -0.2) is 10.7 Å². The minimum atomic E-state index is -0.436. The molecule has 132 valence electrons. The van der Waals surface area contributed by atoms with Gasteiger partial charge in [-0.05, 0) is 38.8 Å². The SMILES string of the molecule is CC1(C)CCc2c(c(N=Nc3ccccc3F)c3ccccc3c2O)O1. The topological polar surface area (TPSA) is 54.2 Å². The number of rotatable bonds is 2. The van der Waals surface area contributed by atoms with E-state index < -0.39 is 5.82 Å². The normalized spacial score (nSPS) is 15.8. The van der Waals surface area contributed by atoms with E-state index in [1.165, 1.54) is 6.07 Å². The number of hydrogen-bond acceptors (Lipinski definition) is 4. The molecule has 0 atom stereocenters. The Morgan fingerprint density at radius 2 is 1.69 bits per heavy atom. The van der Waals surface area contributed by atoms with Gasteiger partial charge in [0.2, 0.25) is 0 Å². The summed E-state index contributed by atoms with van der Waals surface area (Å²) in [6.07, 6.45) is 1.47. The van der Waals surface area contributed by atoms with Gasteiger partial charge in [-0.25, -0.2) is 4.39 Å². The van der Waals surface area contributed by atoms with E-state index in [0.29, 0.717) is 23.2 Å². The van der Waals surface area contributed by atoms with Crippen LogP contribution in [0.2, 0.25) is 0 Å². The monoisotopic (exact) mass is 350 g/mol. The zero-order valence-electron chi connectivity index (χ0n) is 14.7. The van der Waals surface area contributed by atoms with Gasteiger partial charge in [-0.15, -0.1) is 10.2 Å². The minimum Gasteiger partial charge on any atom is -0.507 e. The molecule has 1 N–H and O–H groups in total. The quantitative estimate of drug-likeness (QED) is 0.559. The molecule has 5 heteroatoms. The Morgan fingerprint density at radius 3 is 2.46 bits per heavy atom. The summed E-state index contributed by atoms with van der Waals surface area (Å²) in [5.41, 5.74) is 1.04. The zero-order valence-corrected chi connectivity index (χ0v) is 14.7. The standard InChI is InChI=1S/C21H19FN2O2/c1-21(2)12-11-15-19(25)14-8-4-3-7-13(14)18(20(15)26-21)24-23-17-10-6-5-9-16(17)22/h3-10,25H,11-12H2,1-2H3. The third kappa shape index (κ3) is 2.79. The van der Waals surface area contributed by atoms with Crippen molar-refractivity contribution in [1.29, 1.82) is 0 Å². The highest BCUT2D eigenvalue weighted by molar-refractivity contribution is 6.01. The van der Waals surface area contributed by atoms with Crippen LogP contribution in [0.25, 0.3) is 10.8 Å². The molecule has 0 aromatic heterocycles. The number of phenolic OH excluding ortho intramolecular Hbond substituents is 1. The minimum absolute atomic E-state index is 0.161. The molecule has 0 saturated heterocycles. The van der Waals surface area contributed by atoms with Crippen molar-refractivity contribution in [3.05, 3.63) is 59.9 Å². The molecule has 1 aliphatic rings. The first kappa shape index (κ1) is 16.5. The van der Waals surface area contributed by atoms with Gasteiger partial charge in [-0.3, -0.25) is 0 Å². The van der Waals surface area contributed by atoms with Gasteiger partial charge in [0.15, 0.2) is 11.6 Å². The van der Waals surface area contributed by atoms with Crippen LogP contribution in [0.4, 0.5) is 15.8 Å². The smallest absolute Gasteiger partial charge is 0.155 e. The number of phenols is 1. The van der Waals surface area contributed by atoms with Gasteiger partial charge < -0.3 is 9.84 Å². The average Bonchev–Trinajstić information content (AvgIpc) is 2.62. The molecule has 3 aromatic rings. The number of fused-ring (bicyclic) bond motifs is 2. The van der Waals surface area contributed by atoms with E-state index in [1.807, 2.05) is 38.1 Å². The number of aromatic hydroxyl groups is 1. The molecule has 0 spiro atoms. The number of halogens is 1. The molecule has 0 bridgehead atoms. The van der Waals surface area contributed by atoms with Crippen LogP contribution >= 0.6 is 0 Å². The summed E-state index contributed by atoms with van der Waals surface area (Å²) < 4.78 is 20.1. The summed E-state index contributed by atoms with van der Waals surface area (Å²) in [5, 5.41) is 20.6. The first-order valence-corrected chi connectivity index (χ1v) is 8.58. The van der Waals surface area contributed by atoms with Crippen molar-refractivity contribution in [2.45, 2.75) is 32.3 Å². The average molecular weight is 350 g/mol. The van der Waals surface area contributed by atoms with Crippen LogP contribution < -0.4 is 4.74 Å². The molecule has 1 aliphatic heterocycles. The molecule has 0 aliphatic carbocycles. The van der Waals surface area contributed by atoms with E-state index in [1.54, 1.807) is 18.2 Å². The maximum atomic E-state index is 13.9. The number of ether oxygens (including phenoxy) is 1. The summed E-state index contributed by atoms with van der Waals surface area (Å²) >= 11 is 0. The zero-order chi connectivity index (χ0) is 18.3. The van der Waals surface area contributed by atoms with Crippen LogP contribution in [0, 0.1) is 5.82 Å². The Balaban J connectivity index is 1.95. The second-order valence-corrected chi connectivity index (χ2v) is 7.06. The van der Waals surface area contributed by atoms with Crippen molar-refractivity contribution in [2.24, 2.45) is 10.2 Å². The van der Waals surface area contributed by atoms with Gasteiger partial charge in [0, 0.05) is 16.3 Å². The maximum absolute atomic E-state index is 13.9. The lowest BCUT2D eigenvalue weighted by atomic mass is 9.91. The predicted octanol–water partition coefficient (Wildman–Crippen LogP) is 6.20. The Labute approximate surface area is 151 Å². The largest absolute Gasteiger partial charge is 0.507 e. The van der Waals surface area contributed by atoms with Crippen LogP contribution in [0.1, 0.15) is 25.8 Å². The summed E-state index contributed by atoms with van der Waals surface area (Å²) in [7, 11) is 0. The number of azo groups is 1. The molecule has 0 unspecified atom stereocenters. The van der Waals surface area contributed by atoms with E-state index >= 15 is 0 Å². The summed E-state index contributed by atoms with van der Waals surface area (Å²) in [6, 6.07) is 13.7. The fraction of sp³-hybridized carbons (Fsp3) is 0.238. The second-order valence-electron chi connectivity index (χ2n) is 7.06. The predicted molar refractivity (Wildman–Crippen MR) is 99.2 cm³/mol. The van der Waals surface area contributed by atoms with Crippen molar-refractivity contribution in [3.63, 3.8) is 0 Å². The van der Waals surface area contributed by atoms with Gasteiger partial charge in [0.05, 0.1) is 0 Å². The number of hydrogen-bond donors (Lipinski definition) is 1. The Kier molecular flexibility index (Phi) is 3.87. The molecule has 0 amide bonds. The highest BCUT2D eigenvalue weighted by Crippen LogP contribution is 2.50. The first-order chi connectivity index (χ1) is 12.5. The van der Waals surface area contributed by atoms with Gasteiger partial charge >= 0.3 is 0 Å². The third-order valence-corrected chi connectivity index (χ3v) is 4.68. The van der Waals surface area contributed by atoms with Crippen molar-refractivity contribution < 1.29 is 14.2 Å². The molecule has 1 heterocycles. The fourth-order valence-corrected chi connectivity index (χ4v) is 3.26. The fourth-order valence-electron chi connectivity index (χ4n) is 3.26. The van der Waals surface area contributed by atoms with E-state index in [0.717, 1.165) is 17.4 Å². The van der Waals surface area contributed by atoms with Crippen LogP contribution in [0.3, 0.4) is 0 Å². The van der Waals surface area contributed by atoms with Crippen molar-refractivity contribution in [2.75, 3.05) is 0 Å². The summed E-state index contributed by atoms with van der Waals surface area (Å²) in [4.78, 5) is 0. The van der Waals surface area contributed by atoms with E-state index in [4.69, 9.17) is 4.74 Å². The maximum Gasteiger partial charge on any atom is 0.155 e.